The Morgan fingerprint density at radius 3 is 2.32 bits per heavy atom. The van der Waals surface area contributed by atoms with E-state index in [-0.39, 0.29) is 5.91 Å². The maximum atomic E-state index is 12.1. The minimum atomic E-state index is -0.0682. The fourth-order valence-electron chi connectivity index (χ4n) is 1.69. The highest BCUT2D eigenvalue weighted by molar-refractivity contribution is 5.91. The Morgan fingerprint density at radius 1 is 1.11 bits per heavy atom. The molecule has 0 bridgehead atoms. The van der Waals surface area contributed by atoms with Crippen LogP contribution in [-0.4, -0.2) is 17.4 Å². The number of nitrogens with zero attached hydrogens (tertiary/aromatic N) is 1. The molecule has 102 valence electrons. The number of furan rings is 1. The summed E-state index contributed by atoms with van der Waals surface area (Å²) in [5, 5.41) is 0. The smallest absolute Gasteiger partial charge is 0.289 e. The molecule has 2 rings (SSSR count). The molecule has 19 heavy (non-hydrogen) atoms. The van der Waals surface area contributed by atoms with E-state index >= 15 is 0 Å². The Labute approximate surface area is 114 Å². The molecular weight excluding hydrogens is 238 g/mol. The molecule has 0 aliphatic carbocycles. The highest BCUT2D eigenvalue weighted by Gasteiger charge is 2.16. The number of benzene rings is 1. The fraction of sp³-hybridized carbons (Fsp3) is 0.312. The maximum Gasteiger partial charge on any atom is 0.289 e. The van der Waals surface area contributed by atoms with Gasteiger partial charge in [-0.1, -0.05) is 44.2 Å². The monoisotopic (exact) mass is 259 g/mol. The third kappa shape index (κ3) is 4.28. The standard InChI is InChI=1S/C14H15NO2.C2H6/c1-2-15(11-12-7-4-3-5-8-12)14(16)13-9-6-10-17-13;1-2/h3-10H,2,11H2,1H3;1-2H3. The lowest BCUT2D eigenvalue weighted by molar-refractivity contribution is 0.0720. The summed E-state index contributed by atoms with van der Waals surface area (Å²) in [7, 11) is 0. The molecule has 3 heteroatoms. The van der Waals surface area contributed by atoms with Crippen LogP contribution in [0.15, 0.2) is 53.1 Å². The maximum absolute atomic E-state index is 12.1. The molecule has 0 radical (unpaired) electrons. The molecule has 0 spiro atoms. The normalized spacial score (nSPS) is 9.42. The molecule has 1 amide bonds. The number of carbonyl (C=O) groups is 1. The van der Waals surface area contributed by atoms with Crippen molar-refractivity contribution < 1.29 is 9.21 Å². The van der Waals surface area contributed by atoms with Crippen molar-refractivity contribution in [2.24, 2.45) is 0 Å². The molecule has 2 aromatic rings. The van der Waals surface area contributed by atoms with E-state index in [1.807, 2.05) is 51.1 Å². The molecule has 1 aromatic heterocycles. The largest absolute Gasteiger partial charge is 0.459 e. The van der Waals surface area contributed by atoms with E-state index in [1.54, 1.807) is 17.0 Å². The van der Waals surface area contributed by atoms with Gasteiger partial charge in [-0.05, 0) is 24.6 Å². The van der Waals surface area contributed by atoms with E-state index in [0.29, 0.717) is 18.8 Å². The Morgan fingerprint density at radius 2 is 1.79 bits per heavy atom. The second kappa shape index (κ2) is 8.14. The summed E-state index contributed by atoms with van der Waals surface area (Å²) in [6.45, 7) is 7.23. The van der Waals surface area contributed by atoms with Gasteiger partial charge in [0.1, 0.15) is 0 Å². The van der Waals surface area contributed by atoms with Gasteiger partial charge < -0.3 is 9.32 Å². The highest BCUT2D eigenvalue weighted by atomic mass is 16.3. The van der Waals surface area contributed by atoms with Gasteiger partial charge >= 0.3 is 0 Å². The number of hydrogen-bond acceptors (Lipinski definition) is 2. The van der Waals surface area contributed by atoms with Crippen molar-refractivity contribution in [1.82, 2.24) is 4.90 Å². The number of rotatable bonds is 4. The van der Waals surface area contributed by atoms with Gasteiger partial charge in [-0.25, -0.2) is 0 Å². The van der Waals surface area contributed by atoms with Crippen molar-refractivity contribution in [3.63, 3.8) is 0 Å². The Kier molecular flexibility index (Phi) is 6.44. The van der Waals surface area contributed by atoms with Gasteiger partial charge in [-0.15, -0.1) is 0 Å². The highest BCUT2D eigenvalue weighted by Crippen LogP contribution is 2.10. The van der Waals surface area contributed by atoms with Gasteiger partial charge in [0.15, 0.2) is 5.76 Å². The fourth-order valence-corrected chi connectivity index (χ4v) is 1.69. The van der Waals surface area contributed by atoms with Crippen molar-refractivity contribution in [3.8, 4) is 0 Å². The van der Waals surface area contributed by atoms with Crippen LogP contribution in [0.5, 0.6) is 0 Å². The van der Waals surface area contributed by atoms with Crippen LogP contribution in [0, 0.1) is 0 Å². The zero-order valence-electron chi connectivity index (χ0n) is 11.8. The van der Waals surface area contributed by atoms with Gasteiger partial charge in [0.2, 0.25) is 0 Å². The first-order chi connectivity index (χ1) is 9.31. The number of carbonyl (C=O) groups excluding carboxylic acids is 1. The van der Waals surface area contributed by atoms with Crippen LogP contribution >= 0.6 is 0 Å². The SMILES string of the molecule is CC.CCN(Cc1ccccc1)C(=O)c1ccco1. The summed E-state index contributed by atoms with van der Waals surface area (Å²) in [4.78, 5) is 13.8. The summed E-state index contributed by atoms with van der Waals surface area (Å²) in [6, 6.07) is 13.4. The van der Waals surface area contributed by atoms with Crippen LogP contribution in [0.1, 0.15) is 36.9 Å². The lowest BCUT2D eigenvalue weighted by Gasteiger charge is -2.19. The molecule has 0 fully saturated rings. The van der Waals surface area contributed by atoms with Gasteiger partial charge in [0.25, 0.3) is 5.91 Å². The van der Waals surface area contributed by atoms with E-state index in [2.05, 4.69) is 0 Å². The van der Waals surface area contributed by atoms with E-state index in [4.69, 9.17) is 4.42 Å². The predicted octanol–water partition coefficient (Wildman–Crippen LogP) is 3.97. The zero-order valence-corrected chi connectivity index (χ0v) is 11.8. The first kappa shape index (κ1) is 15.0. The van der Waals surface area contributed by atoms with Crippen molar-refractivity contribution >= 4 is 5.91 Å². The third-order valence-electron chi connectivity index (χ3n) is 2.62. The molecular formula is C16H21NO2. The molecule has 0 aliphatic rings. The molecule has 1 aromatic carbocycles. The van der Waals surface area contributed by atoms with Crippen LogP contribution in [-0.2, 0) is 6.54 Å². The lowest BCUT2D eigenvalue weighted by Crippen LogP contribution is -2.29. The van der Waals surface area contributed by atoms with Gasteiger partial charge in [0.05, 0.1) is 6.26 Å². The molecule has 1 heterocycles. The quantitative estimate of drug-likeness (QED) is 0.832. The molecule has 0 saturated heterocycles. The summed E-state index contributed by atoms with van der Waals surface area (Å²) in [5.74, 6) is 0.323. The first-order valence-corrected chi connectivity index (χ1v) is 6.68. The lowest BCUT2D eigenvalue weighted by atomic mass is 10.2. The van der Waals surface area contributed by atoms with E-state index in [9.17, 15) is 4.79 Å². The minimum Gasteiger partial charge on any atom is -0.459 e. The Balaban J connectivity index is 0.000000861. The molecule has 0 saturated carbocycles. The van der Waals surface area contributed by atoms with E-state index in [1.165, 1.54) is 6.26 Å². The number of hydrogen-bond donors (Lipinski definition) is 0. The summed E-state index contributed by atoms with van der Waals surface area (Å²) >= 11 is 0. The van der Waals surface area contributed by atoms with E-state index in [0.717, 1.165) is 5.56 Å². The summed E-state index contributed by atoms with van der Waals surface area (Å²) in [6.07, 6.45) is 1.52. The second-order valence-corrected chi connectivity index (χ2v) is 3.78. The van der Waals surface area contributed by atoms with Gasteiger partial charge in [-0.3, -0.25) is 4.79 Å². The average Bonchev–Trinajstić information content (AvgIpc) is 3.01. The molecule has 0 atom stereocenters. The third-order valence-corrected chi connectivity index (χ3v) is 2.62. The van der Waals surface area contributed by atoms with Crippen molar-refractivity contribution in [2.75, 3.05) is 6.54 Å². The first-order valence-electron chi connectivity index (χ1n) is 6.68. The van der Waals surface area contributed by atoms with Crippen LogP contribution in [0.25, 0.3) is 0 Å². The zero-order chi connectivity index (χ0) is 14.1. The minimum absolute atomic E-state index is 0.0682. The average molecular weight is 259 g/mol. The molecule has 0 unspecified atom stereocenters. The number of amides is 1. The Bertz CT molecular complexity index is 463. The van der Waals surface area contributed by atoms with Gasteiger partial charge in [0, 0.05) is 13.1 Å². The van der Waals surface area contributed by atoms with Crippen LogP contribution in [0.3, 0.4) is 0 Å². The predicted molar refractivity (Wildman–Crippen MR) is 76.9 cm³/mol. The van der Waals surface area contributed by atoms with Crippen molar-refractivity contribution in [2.45, 2.75) is 27.3 Å². The second-order valence-electron chi connectivity index (χ2n) is 3.78. The molecule has 3 nitrogen and oxygen atoms in total. The van der Waals surface area contributed by atoms with Crippen molar-refractivity contribution in [3.05, 3.63) is 60.1 Å². The summed E-state index contributed by atoms with van der Waals surface area (Å²) in [5.41, 5.74) is 1.12. The van der Waals surface area contributed by atoms with Gasteiger partial charge in [-0.2, -0.15) is 0 Å². The summed E-state index contributed by atoms with van der Waals surface area (Å²) < 4.78 is 5.12. The topological polar surface area (TPSA) is 33.5 Å². The molecule has 0 N–H and O–H groups in total. The van der Waals surface area contributed by atoms with Crippen LogP contribution in [0.2, 0.25) is 0 Å². The van der Waals surface area contributed by atoms with E-state index < -0.39 is 0 Å². The molecule has 0 aliphatic heterocycles. The van der Waals surface area contributed by atoms with Crippen molar-refractivity contribution in [1.29, 1.82) is 0 Å². The Hall–Kier alpha value is -2.03. The van der Waals surface area contributed by atoms with Crippen LogP contribution in [0.4, 0.5) is 0 Å². The van der Waals surface area contributed by atoms with Crippen LogP contribution < -0.4 is 0 Å².